The summed E-state index contributed by atoms with van der Waals surface area (Å²) in [6, 6.07) is 24.4. The smallest absolute Gasteiger partial charge is 0.408 e. The van der Waals surface area contributed by atoms with Crippen molar-refractivity contribution >= 4 is 28.8 Å². The van der Waals surface area contributed by atoms with Crippen molar-refractivity contribution in [2.45, 2.75) is 19.1 Å². The average molecular weight is 487 g/mol. The molecule has 4 N–H and O–H groups in total. The molecule has 3 amide bonds. The Labute approximate surface area is 207 Å². The van der Waals surface area contributed by atoms with Gasteiger partial charge in [-0.15, -0.1) is 0 Å². The van der Waals surface area contributed by atoms with E-state index in [9.17, 15) is 14.4 Å². The lowest BCUT2D eigenvalue weighted by atomic mass is 10.1. The highest BCUT2D eigenvalue weighted by Gasteiger charge is 2.23. The van der Waals surface area contributed by atoms with Crippen molar-refractivity contribution in [1.29, 1.82) is 0 Å². The van der Waals surface area contributed by atoms with Gasteiger partial charge in [0.25, 0.3) is 11.8 Å². The Kier molecular flexibility index (Phi) is 7.82. The second-order valence-corrected chi connectivity index (χ2v) is 8.02. The minimum Gasteiger partial charge on any atom is -0.497 e. The molecule has 0 spiro atoms. The fraction of sp³-hybridized carbons (Fsp3) is 0.148. The first-order valence-corrected chi connectivity index (χ1v) is 11.3. The van der Waals surface area contributed by atoms with Gasteiger partial charge < -0.3 is 19.8 Å². The molecule has 1 unspecified atom stereocenters. The first-order chi connectivity index (χ1) is 17.5. The number of rotatable bonds is 8. The minimum atomic E-state index is -1.01. The molecule has 36 heavy (non-hydrogen) atoms. The largest absolute Gasteiger partial charge is 0.497 e. The molecule has 1 aromatic heterocycles. The van der Waals surface area contributed by atoms with Crippen LogP contribution >= 0.6 is 0 Å². The molecule has 0 saturated carbocycles. The molecular weight excluding hydrogens is 460 g/mol. The maximum Gasteiger partial charge on any atom is 0.408 e. The number of carbonyl (C=O) groups excluding carboxylic acids is 3. The first-order valence-electron chi connectivity index (χ1n) is 11.3. The summed E-state index contributed by atoms with van der Waals surface area (Å²) in [5, 5.41) is 3.46. The molecular formula is C27H26N4O5. The van der Waals surface area contributed by atoms with E-state index in [4.69, 9.17) is 9.47 Å². The lowest BCUT2D eigenvalue weighted by Crippen LogP contribution is -2.53. The Hall–Kier alpha value is -4.79. The third-order valence-corrected chi connectivity index (χ3v) is 5.49. The molecule has 4 aromatic rings. The number of carbonyl (C=O) groups is 3. The van der Waals surface area contributed by atoms with E-state index in [0.717, 1.165) is 22.0 Å². The van der Waals surface area contributed by atoms with Crippen molar-refractivity contribution < 1.29 is 23.9 Å². The van der Waals surface area contributed by atoms with Crippen molar-refractivity contribution in [3.63, 3.8) is 0 Å². The van der Waals surface area contributed by atoms with Crippen molar-refractivity contribution in [3.05, 3.63) is 102 Å². The number of amides is 3. The van der Waals surface area contributed by atoms with E-state index in [2.05, 4.69) is 21.2 Å². The van der Waals surface area contributed by atoms with Crippen LogP contribution in [0.3, 0.4) is 0 Å². The zero-order valence-electron chi connectivity index (χ0n) is 19.6. The molecule has 4 rings (SSSR count). The van der Waals surface area contributed by atoms with Crippen LogP contribution in [0.15, 0.2) is 84.9 Å². The predicted molar refractivity (Wildman–Crippen MR) is 134 cm³/mol. The van der Waals surface area contributed by atoms with Gasteiger partial charge in [0, 0.05) is 17.3 Å². The number of aromatic amines is 1. The number of hydrogen-bond donors (Lipinski definition) is 4. The third kappa shape index (κ3) is 6.41. The minimum absolute atomic E-state index is 0.0562. The molecule has 0 bridgehead atoms. The lowest BCUT2D eigenvalue weighted by Gasteiger charge is -2.19. The van der Waals surface area contributed by atoms with Gasteiger partial charge in [0.1, 0.15) is 24.1 Å². The van der Waals surface area contributed by atoms with Gasteiger partial charge in [-0.2, -0.15) is 0 Å². The SMILES string of the molecule is COc1ccc(CC(NC(=O)OCc2ccccc2)C(=O)NNC(=O)c2cc3ccccc3[nH]2)cc1. The van der Waals surface area contributed by atoms with Crippen molar-refractivity contribution in [2.75, 3.05) is 7.11 Å². The number of alkyl carbamates (subject to hydrolysis) is 1. The summed E-state index contributed by atoms with van der Waals surface area (Å²) in [6.45, 7) is 0.0562. The number of H-pyrrole nitrogens is 1. The molecule has 184 valence electrons. The zero-order chi connectivity index (χ0) is 25.3. The van der Waals surface area contributed by atoms with Crippen molar-refractivity contribution in [3.8, 4) is 5.75 Å². The Balaban J connectivity index is 1.40. The second kappa shape index (κ2) is 11.6. The molecule has 0 aliphatic rings. The summed E-state index contributed by atoms with van der Waals surface area (Å²) in [4.78, 5) is 41.0. The Morgan fingerprint density at radius 2 is 1.58 bits per heavy atom. The number of fused-ring (bicyclic) bond motifs is 1. The van der Waals surface area contributed by atoms with Gasteiger partial charge >= 0.3 is 6.09 Å². The van der Waals surface area contributed by atoms with Crippen LogP contribution in [0.5, 0.6) is 5.75 Å². The number of hydrazine groups is 1. The predicted octanol–water partition coefficient (Wildman–Crippen LogP) is 3.48. The van der Waals surface area contributed by atoms with Crippen molar-refractivity contribution in [2.24, 2.45) is 0 Å². The van der Waals surface area contributed by atoms with Gasteiger partial charge in [0.15, 0.2) is 0 Å². The van der Waals surface area contributed by atoms with Gasteiger partial charge in [-0.3, -0.25) is 20.4 Å². The van der Waals surface area contributed by atoms with E-state index in [1.54, 1.807) is 37.4 Å². The van der Waals surface area contributed by atoms with Crippen molar-refractivity contribution in [1.82, 2.24) is 21.2 Å². The number of benzene rings is 3. The van der Waals surface area contributed by atoms with E-state index in [1.165, 1.54) is 0 Å². The number of hydrogen-bond acceptors (Lipinski definition) is 5. The molecule has 0 saturated heterocycles. The standard InChI is InChI=1S/C27H26N4O5/c1-35-21-13-11-18(12-14-21)15-23(29-27(34)36-17-19-7-3-2-4-8-19)25(32)30-31-26(33)24-16-20-9-5-6-10-22(20)28-24/h2-14,16,23,28H,15,17H2,1H3,(H,29,34)(H,30,32)(H,31,33). The number of aromatic nitrogens is 1. The average Bonchev–Trinajstić information content (AvgIpc) is 3.35. The molecule has 9 heteroatoms. The number of ether oxygens (including phenoxy) is 2. The molecule has 0 radical (unpaired) electrons. The summed E-state index contributed by atoms with van der Waals surface area (Å²) >= 11 is 0. The Morgan fingerprint density at radius 1 is 0.861 bits per heavy atom. The first kappa shape index (κ1) is 24.3. The van der Waals surface area contributed by atoms with Crippen LogP contribution in [0.25, 0.3) is 10.9 Å². The summed E-state index contributed by atoms with van der Waals surface area (Å²) in [7, 11) is 1.56. The highest BCUT2D eigenvalue weighted by molar-refractivity contribution is 5.99. The maximum atomic E-state index is 13.0. The van der Waals surface area contributed by atoms with Gasteiger partial charge in [-0.05, 0) is 35.4 Å². The van der Waals surface area contributed by atoms with Crippen LogP contribution in [0.2, 0.25) is 0 Å². The topological polar surface area (TPSA) is 122 Å². The summed E-state index contributed by atoms with van der Waals surface area (Å²) in [5.74, 6) is -0.457. The number of methoxy groups -OCH3 is 1. The Bertz CT molecular complexity index is 1300. The van der Waals surface area contributed by atoms with E-state index in [1.807, 2.05) is 54.6 Å². The summed E-state index contributed by atoms with van der Waals surface area (Å²) in [6.07, 6.45) is -0.590. The number of nitrogens with one attached hydrogen (secondary N) is 4. The molecule has 0 aliphatic heterocycles. The van der Waals surface area contributed by atoms with Crippen LogP contribution in [-0.4, -0.2) is 36.0 Å². The number of para-hydroxylation sites is 1. The van der Waals surface area contributed by atoms with Gasteiger partial charge in [0.2, 0.25) is 0 Å². The highest BCUT2D eigenvalue weighted by atomic mass is 16.5. The van der Waals surface area contributed by atoms with Crippen LogP contribution in [0.4, 0.5) is 4.79 Å². The normalized spacial score (nSPS) is 11.4. The molecule has 1 heterocycles. The summed E-state index contributed by atoms with van der Waals surface area (Å²) < 4.78 is 10.4. The van der Waals surface area contributed by atoms with Crippen LogP contribution < -0.4 is 20.9 Å². The second-order valence-electron chi connectivity index (χ2n) is 8.02. The molecule has 9 nitrogen and oxygen atoms in total. The molecule has 0 fully saturated rings. The van der Waals surface area contributed by atoms with Crippen LogP contribution in [0, 0.1) is 0 Å². The fourth-order valence-corrected chi connectivity index (χ4v) is 3.58. The van der Waals surface area contributed by atoms with E-state index in [0.29, 0.717) is 11.4 Å². The maximum absolute atomic E-state index is 13.0. The quantitative estimate of drug-likeness (QED) is 0.284. The van der Waals surface area contributed by atoms with E-state index in [-0.39, 0.29) is 13.0 Å². The molecule has 1 atom stereocenters. The van der Waals surface area contributed by atoms with E-state index >= 15 is 0 Å². The fourth-order valence-electron chi connectivity index (χ4n) is 3.58. The summed E-state index contributed by atoms with van der Waals surface area (Å²) in [5.41, 5.74) is 7.47. The van der Waals surface area contributed by atoms with Gasteiger partial charge in [-0.25, -0.2) is 4.79 Å². The molecule has 0 aliphatic carbocycles. The molecule has 3 aromatic carbocycles. The zero-order valence-corrected chi connectivity index (χ0v) is 19.6. The van der Waals surface area contributed by atoms with Crippen LogP contribution in [-0.2, 0) is 22.6 Å². The van der Waals surface area contributed by atoms with Gasteiger partial charge in [-0.1, -0.05) is 60.7 Å². The van der Waals surface area contributed by atoms with Gasteiger partial charge in [0.05, 0.1) is 7.11 Å². The Morgan fingerprint density at radius 3 is 2.31 bits per heavy atom. The van der Waals surface area contributed by atoms with Crippen LogP contribution in [0.1, 0.15) is 21.6 Å². The lowest BCUT2D eigenvalue weighted by molar-refractivity contribution is -0.123. The monoisotopic (exact) mass is 486 g/mol. The third-order valence-electron chi connectivity index (χ3n) is 5.49. The van der Waals surface area contributed by atoms with E-state index < -0.39 is 23.9 Å². The highest BCUT2D eigenvalue weighted by Crippen LogP contribution is 2.15.